The van der Waals surface area contributed by atoms with E-state index in [2.05, 4.69) is 25.6 Å². The molecule has 0 aliphatic heterocycles. The summed E-state index contributed by atoms with van der Waals surface area (Å²) in [6.07, 6.45) is 0. The number of hydrogen-bond donors (Lipinski definition) is 2. The Hall–Kier alpha value is -3.81. The summed E-state index contributed by atoms with van der Waals surface area (Å²) in [4.78, 5) is 38.1. The van der Waals surface area contributed by atoms with E-state index in [0.29, 0.717) is 26.7 Å². The number of nitrogens with zero attached hydrogens (tertiary/aromatic N) is 3. The first-order valence-corrected chi connectivity index (χ1v) is 10.2. The molecule has 2 amide bonds. The maximum Gasteiger partial charge on any atom is 0.258 e. The van der Waals surface area contributed by atoms with E-state index in [0.717, 1.165) is 0 Å². The number of benzene rings is 3. The highest BCUT2D eigenvalue weighted by Crippen LogP contribution is 2.19. The summed E-state index contributed by atoms with van der Waals surface area (Å²) in [7, 11) is 0. The van der Waals surface area contributed by atoms with Gasteiger partial charge in [0.2, 0.25) is 11.9 Å². The van der Waals surface area contributed by atoms with E-state index in [9.17, 15) is 9.59 Å². The highest BCUT2D eigenvalue weighted by Gasteiger charge is 2.15. The van der Waals surface area contributed by atoms with Gasteiger partial charge in [-0.2, -0.15) is 15.0 Å². The van der Waals surface area contributed by atoms with E-state index >= 15 is 0 Å². The normalized spacial score (nSPS) is 10.4. The Bertz CT molecular complexity index is 1220. The molecule has 0 saturated carbocycles. The van der Waals surface area contributed by atoms with Gasteiger partial charge >= 0.3 is 0 Å². The summed E-state index contributed by atoms with van der Waals surface area (Å²) in [5.41, 5.74) is 1.36. The zero-order valence-corrected chi connectivity index (χ0v) is 17.9. The number of anilines is 2. The van der Waals surface area contributed by atoms with Crippen LogP contribution in [0, 0.1) is 0 Å². The second-order valence-electron chi connectivity index (χ2n) is 6.60. The van der Waals surface area contributed by atoms with Crippen LogP contribution in [0.5, 0.6) is 0 Å². The van der Waals surface area contributed by atoms with Crippen molar-refractivity contribution in [3.05, 3.63) is 100 Å². The molecule has 4 aromatic rings. The van der Waals surface area contributed by atoms with E-state index in [1.165, 1.54) is 12.1 Å². The number of carbonyl (C=O) groups excluding carboxylic acids is 2. The van der Waals surface area contributed by atoms with Gasteiger partial charge in [-0.15, -0.1) is 0 Å². The molecule has 0 unspecified atom stereocenters. The number of amides is 2. The van der Waals surface area contributed by atoms with Gasteiger partial charge in [0.1, 0.15) is 0 Å². The van der Waals surface area contributed by atoms with Crippen LogP contribution in [0.2, 0.25) is 10.0 Å². The molecular formula is C23H15Cl2N5O2. The quantitative estimate of drug-likeness (QED) is 0.415. The lowest BCUT2D eigenvalue weighted by Crippen LogP contribution is -2.18. The van der Waals surface area contributed by atoms with Crippen LogP contribution < -0.4 is 10.6 Å². The second-order valence-corrected chi connectivity index (χ2v) is 7.47. The molecule has 0 radical (unpaired) electrons. The standard InChI is InChI=1S/C23H15Cl2N5O2/c24-17-10-4-8-15(12-17)20(31)28-22-26-19(14-6-2-1-3-7-14)27-23(30-22)29-21(32)16-9-5-11-18(25)13-16/h1-13H,(H2,26,27,28,29,30,31,32). The van der Waals surface area contributed by atoms with Crippen LogP contribution in [-0.4, -0.2) is 26.8 Å². The van der Waals surface area contributed by atoms with E-state index in [-0.39, 0.29) is 17.7 Å². The van der Waals surface area contributed by atoms with Crippen molar-refractivity contribution in [3.63, 3.8) is 0 Å². The minimum atomic E-state index is -0.454. The lowest BCUT2D eigenvalue weighted by atomic mass is 10.2. The molecule has 0 fully saturated rings. The Morgan fingerprint density at radius 1 is 0.625 bits per heavy atom. The van der Waals surface area contributed by atoms with Crippen molar-refractivity contribution in [3.8, 4) is 11.4 Å². The van der Waals surface area contributed by atoms with Gasteiger partial charge in [-0.25, -0.2) is 0 Å². The average Bonchev–Trinajstić information content (AvgIpc) is 2.79. The van der Waals surface area contributed by atoms with Gasteiger partial charge in [0, 0.05) is 26.7 Å². The van der Waals surface area contributed by atoms with Crippen LogP contribution >= 0.6 is 23.2 Å². The van der Waals surface area contributed by atoms with Gasteiger partial charge in [-0.1, -0.05) is 65.7 Å². The third kappa shape index (κ3) is 5.26. The molecule has 1 aromatic heterocycles. The molecule has 32 heavy (non-hydrogen) atoms. The Morgan fingerprint density at radius 3 is 1.59 bits per heavy atom. The Labute approximate surface area is 193 Å². The first-order valence-electron chi connectivity index (χ1n) is 9.43. The third-order valence-corrected chi connectivity index (χ3v) is 4.76. The second kappa shape index (κ2) is 9.55. The average molecular weight is 464 g/mol. The largest absolute Gasteiger partial charge is 0.290 e. The summed E-state index contributed by atoms with van der Waals surface area (Å²) >= 11 is 11.9. The van der Waals surface area contributed by atoms with Crippen molar-refractivity contribution < 1.29 is 9.59 Å². The molecule has 9 heteroatoms. The smallest absolute Gasteiger partial charge is 0.258 e. The summed E-state index contributed by atoms with van der Waals surface area (Å²) in [5.74, 6) is -0.673. The molecular weight excluding hydrogens is 449 g/mol. The minimum absolute atomic E-state index is 0.0229. The number of aromatic nitrogens is 3. The Balaban J connectivity index is 1.66. The molecule has 0 saturated heterocycles. The molecule has 0 aliphatic carbocycles. The van der Waals surface area contributed by atoms with Crippen LogP contribution in [0.4, 0.5) is 11.9 Å². The third-order valence-electron chi connectivity index (χ3n) is 4.29. The van der Waals surface area contributed by atoms with Crippen molar-refractivity contribution in [2.75, 3.05) is 10.6 Å². The monoisotopic (exact) mass is 463 g/mol. The SMILES string of the molecule is O=C(Nc1nc(NC(=O)c2cccc(Cl)c2)nc(-c2ccccc2)n1)c1cccc(Cl)c1. The fraction of sp³-hybridized carbons (Fsp3) is 0. The maximum absolute atomic E-state index is 12.6. The molecule has 158 valence electrons. The number of halogens is 2. The molecule has 1 heterocycles. The van der Waals surface area contributed by atoms with Crippen LogP contribution in [0.25, 0.3) is 11.4 Å². The Morgan fingerprint density at radius 2 is 1.12 bits per heavy atom. The number of nitrogens with one attached hydrogen (secondary N) is 2. The maximum atomic E-state index is 12.6. The molecule has 3 aromatic carbocycles. The van der Waals surface area contributed by atoms with Crippen molar-refractivity contribution in [1.82, 2.24) is 15.0 Å². The van der Waals surface area contributed by atoms with Crippen LogP contribution in [0.3, 0.4) is 0 Å². The van der Waals surface area contributed by atoms with Crippen molar-refractivity contribution >= 4 is 46.9 Å². The van der Waals surface area contributed by atoms with Gasteiger partial charge in [0.05, 0.1) is 0 Å². The zero-order valence-electron chi connectivity index (χ0n) is 16.4. The Kier molecular flexibility index (Phi) is 6.39. The van der Waals surface area contributed by atoms with Crippen LogP contribution in [-0.2, 0) is 0 Å². The van der Waals surface area contributed by atoms with Crippen molar-refractivity contribution in [1.29, 1.82) is 0 Å². The van der Waals surface area contributed by atoms with Crippen molar-refractivity contribution in [2.45, 2.75) is 0 Å². The topological polar surface area (TPSA) is 96.9 Å². The summed E-state index contributed by atoms with van der Waals surface area (Å²) < 4.78 is 0. The zero-order chi connectivity index (χ0) is 22.5. The van der Waals surface area contributed by atoms with Gasteiger partial charge in [0.15, 0.2) is 5.82 Å². The predicted molar refractivity (Wildman–Crippen MR) is 124 cm³/mol. The fourth-order valence-corrected chi connectivity index (χ4v) is 3.19. The predicted octanol–water partition coefficient (Wildman–Crippen LogP) is 5.35. The minimum Gasteiger partial charge on any atom is -0.290 e. The van der Waals surface area contributed by atoms with Crippen molar-refractivity contribution in [2.24, 2.45) is 0 Å². The lowest BCUT2D eigenvalue weighted by molar-refractivity contribution is 0.101. The molecule has 0 aliphatic rings. The molecule has 7 nitrogen and oxygen atoms in total. The molecule has 0 spiro atoms. The summed E-state index contributed by atoms with van der Waals surface area (Å²) in [6.45, 7) is 0. The van der Waals surface area contributed by atoms with E-state index in [4.69, 9.17) is 23.2 Å². The molecule has 2 N–H and O–H groups in total. The van der Waals surface area contributed by atoms with Gasteiger partial charge in [-0.3, -0.25) is 20.2 Å². The molecule has 0 atom stereocenters. The highest BCUT2D eigenvalue weighted by atomic mass is 35.5. The van der Waals surface area contributed by atoms with E-state index in [1.807, 2.05) is 18.2 Å². The van der Waals surface area contributed by atoms with E-state index < -0.39 is 11.8 Å². The fourth-order valence-electron chi connectivity index (χ4n) is 2.81. The summed E-state index contributed by atoms with van der Waals surface area (Å²) in [5, 5.41) is 6.10. The van der Waals surface area contributed by atoms with Crippen LogP contribution in [0.15, 0.2) is 78.9 Å². The summed E-state index contributed by atoms with van der Waals surface area (Å²) in [6, 6.07) is 22.1. The molecule has 0 bridgehead atoms. The molecule has 4 rings (SSSR count). The lowest BCUT2D eigenvalue weighted by Gasteiger charge is -2.10. The van der Waals surface area contributed by atoms with E-state index in [1.54, 1.807) is 48.5 Å². The number of carbonyl (C=O) groups is 2. The first kappa shape index (κ1) is 21.4. The highest BCUT2D eigenvalue weighted by molar-refractivity contribution is 6.31. The number of rotatable bonds is 5. The van der Waals surface area contributed by atoms with Gasteiger partial charge in [-0.05, 0) is 36.4 Å². The van der Waals surface area contributed by atoms with Gasteiger partial charge in [0.25, 0.3) is 11.8 Å². The van der Waals surface area contributed by atoms with Gasteiger partial charge < -0.3 is 0 Å². The first-order chi connectivity index (χ1) is 15.5. The van der Waals surface area contributed by atoms with Crippen LogP contribution in [0.1, 0.15) is 20.7 Å². The number of hydrogen-bond acceptors (Lipinski definition) is 5.